The Morgan fingerprint density at radius 3 is 2.22 bits per heavy atom. The standard InChI is InChI=1S/C17H24Br2N2.2ClH/c18-15-7-6-14(12-16(15)19)17(13-4-2-1-3-5-13)21-10-8-20-9-11-21;;/h6-7,12-13,17,20H,1-5,8-11H2;2*1H/t17-;;/m0../s1. The fourth-order valence-electron chi connectivity index (χ4n) is 3.89. The number of nitrogens with zero attached hydrogens (tertiary/aromatic N) is 1. The fourth-order valence-corrected chi connectivity index (χ4v) is 4.53. The number of benzene rings is 1. The van der Waals surface area contributed by atoms with E-state index in [-0.39, 0.29) is 24.8 Å². The highest BCUT2D eigenvalue weighted by Gasteiger charge is 2.31. The third-order valence-electron chi connectivity index (χ3n) is 4.93. The van der Waals surface area contributed by atoms with Gasteiger partial charge in [-0.25, -0.2) is 0 Å². The summed E-state index contributed by atoms with van der Waals surface area (Å²) in [7, 11) is 0. The van der Waals surface area contributed by atoms with Crippen molar-refractivity contribution in [2.24, 2.45) is 5.92 Å². The monoisotopic (exact) mass is 486 g/mol. The molecule has 1 saturated carbocycles. The molecule has 6 heteroatoms. The summed E-state index contributed by atoms with van der Waals surface area (Å²) < 4.78 is 2.32. The van der Waals surface area contributed by atoms with Crippen LogP contribution in [0.25, 0.3) is 0 Å². The van der Waals surface area contributed by atoms with Crippen LogP contribution in [0.4, 0.5) is 0 Å². The predicted octanol–water partition coefficient (Wildman–Crippen LogP) is 5.58. The Labute approximate surface area is 169 Å². The molecule has 23 heavy (non-hydrogen) atoms. The van der Waals surface area contributed by atoms with Crippen LogP contribution in [0.2, 0.25) is 0 Å². The first-order valence-electron chi connectivity index (χ1n) is 8.15. The average Bonchev–Trinajstić information content (AvgIpc) is 2.53. The van der Waals surface area contributed by atoms with Gasteiger partial charge in [0.2, 0.25) is 0 Å². The zero-order valence-corrected chi connectivity index (χ0v) is 18.1. The Kier molecular flexibility index (Phi) is 10.0. The van der Waals surface area contributed by atoms with E-state index in [1.54, 1.807) is 0 Å². The SMILES string of the molecule is Brc1ccc([C@H](C2CCCCC2)N2CCNCC2)cc1Br.Cl.Cl. The molecular formula is C17H26Br2Cl2N2. The zero-order valence-electron chi connectivity index (χ0n) is 13.3. The molecule has 1 saturated heterocycles. The van der Waals surface area contributed by atoms with Gasteiger partial charge < -0.3 is 5.32 Å². The molecule has 1 N–H and O–H groups in total. The highest BCUT2D eigenvalue weighted by atomic mass is 79.9. The summed E-state index contributed by atoms with van der Waals surface area (Å²) in [5.74, 6) is 0.824. The number of piperazine rings is 1. The number of nitrogens with one attached hydrogen (secondary N) is 1. The first-order chi connectivity index (χ1) is 10.3. The lowest BCUT2D eigenvalue weighted by molar-refractivity contribution is 0.103. The zero-order chi connectivity index (χ0) is 14.7. The van der Waals surface area contributed by atoms with Gasteiger partial charge in [-0.1, -0.05) is 25.3 Å². The number of halogens is 4. The molecule has 132 valence electrons. The number of hydrogen-bond donors (Lipinski definition) is 1. The van der Waals surface area contributed by atoms with E-state index in [1.807, 2.05) is 0 Å². The van der Waals surface area contributed by atoms with Gasteiger partial charge in [0.05, 0.1) is 0 Å². The molecule has 3 rings (SSSR count). The van der Waals surface area contributed by atoms with Crippen LogP contribution in [0.1, 0.15) is 43.7 Å². The lowest BCUT2D eigenvalue weighted by atomic mass is 9.80. The summed E-state index contributed by atoms with van der Waals surface area (Å²) in [6, 6.07) is 7.43. The van der Waals surface area contributed by atoms with Crippen LogP contribution in [0, 0.1) is 5.92 Å². The van der Waals surface area contributed by atoms with Gasteiger partial charge in [0, 0.05) is 41.2 Å². The van der Waals surface area contributed by atoms with Crippen molar-refractivity contribution < 1.29 is 0 Å². The first-order valence-corrected chi connectivity index (χ1v) is 9.74. The van der Waals surface area contributed by atoms with Crippen LogP contribution in [0.3, 0.4) is 0 Å². The Balaban J connectivity index is 0.00000132. The fraction of sp³-hybridized carbons (Fsp3) is 0.647. The summed E-state index contributed by atoms with van der Waals surface area (Å²) in [5, 5.41) is 3.49. The molecule has 0 spiro atoms. The van der Waals surface area contributed by atoms with Gasteiger partial charge in [0.15, 0.2) is 0 Å². The highest BCUT2D eigenvalue weighted by molar-refractivity contribution is 9.13. The average molecular weight is 489 g/mol. The molecule has 1 heterocycles. The van der Waals surface area contributed by atoms with E-state index >= 15 is 0 Å². The predicted molar refractivity (Wildman–Crippen MR) is 110 cm³/mol. The molecule has 2 nitrogen and oxygen atoms in total. The minimum atomic E-state index is 0. The van der Waals surface area contributed by atoms with Crippen molar-refractivity contribution in [1.82, 2.24) is 10.2 Å². The van der Waals surface area contributed by atoms with E-state index in [4.69, 9.17) is 0 Å². The summed E-state index contributed by atoms with van der Waals surface area (Å²) in [6.07, 6.45) is 7.02. The lowest BCUT2D eigenvalue weighted by Crippen LogP contribution is -2.47. The summed E-state index contributed by atoms with van der Waals surface area (Å²) in [5.41, 5.74) is 1.49. The van der Waals surface area contributed by atoms with Crippen molar-refractivity contribution >= 4 is 56.7 Å². The minimum Gasteiger partial charge on any atom is -0.314 e. The first kappa shape index (κ1) is 21.7. The normalized spacial score (nSPS) is 21.1. The molecule has 1 aliphatic heterocycles. The molecule has 2 fully saturated rings. The van der Waals surface area contributed by atoms with Crippen LogP contribution < -0.4 is 5.32 Å². The molecule has 1 aliphatic carbocycles. The molecule has 1 atom stereocenters. The van der Waals surface area contributed by atoms with Gasteiger partial charge in [-0.3, -0.25) is 4.90 Å². The molecule has 0 aromatic heterocycles. The van der Waals surface area contributed by atoms with E-state index in [0.29, 0.717) is 6.04 Å². The molecule has 0 amide bonds. The molecule has 0 radical (unpaired) electrons. The van der Waals surface area contributed by atoms with Gasteiger partial charge in [-0.15, -0.1) is 24.8 Å². The van der Waals surface area contributed by atoms with E-state index in [1.165, 1.54) is 55.2 Å². The van der Waals surface area contributed by atoms with E-state index in [9.17, 15) is 0 Å². The second kappa shape index (κ2) is 10.6. The molecule has 1 aromatic carbocycles. The van der Waals surface area contributed by atoms with Crippen LogP contribution in [-0.4, -0.2) is 31.1 Å². The Morgan fingerprint density at radius 2 is 1.61 bits per heavy atom. The Bertz CT molecular complexity index is 458. The van der Waals surface area contributed by atoms with E-state index in [2.05, 4.69) is 60.3 Å². The van der Waals surface area contributed by atoms with E-state index in [0.717, 1.165) is 23.5 Å². The maximum absolute atomic E-state index is 3.68. The molecule has 1 aromatic rings. The number of hydrogen-bond acceptors (Lipinski definition) is 2. The lowest BCUT2D eigenvalue weighted by Gasteiger charge is -2.41. The van der Waals surface area contributed by atoms with Gasteiger partial charge in [-0.05, 0) is 68.3 Å². The van der Waals surface area contributed by atoms with Crippen molar-refractivity contribution in [1.29, 1.82) is 0 Å². The van der Waals surface area contributed by atoms with Crippen molar-refractivity contribution in [3.8, 4) is 0 Å². The number of rotatable bonds is 3. The van der Waals surface area contributed by atoms with Gasteiger partial charge in [0.1, 0.15) is 0 Å². The van der Waals surface area contributed by atoms with Crippen LogP contribution in [0.15, 0.2) is 27.1 Å². The summed E-state index contributed by atoms with van der Waals surface area (Å²) >= 11 is 7.28. The van der Waals surface area contributed by atoms with Crippen LogP contribution in [0.5, 0.6) is 0 Å². The Morgan fingerprint density at radius 1 is 0.957 bits per heavy atom. The largest absolute Gasteiger partial charge is 0.314 e. The quantitative estimate of drug-likeness (QED) is 0.597. The summed E-state index contributed by atoms with van der Waals surface area (Å²) in [4.78, 5) is 2.71. The Hall–Kier alpha value is 0.680. The third-order valence-corrected chi connectivity index (χ3v) is 6.81. The molecule has 2 aliphatic rings. The van der Waals surface area contributed by atoms with Gasteiger partial charge >= 0.3 is 0 Å². The minimum absolute atomic E-state index is 0. The third kappa shape index (κ3) is 5.58. The maximum atomic E-state index is 3.68. The molecule has 0 unspecified atom stereocenters. The topological polar surface area (TPSA) is 15.3 Å². The van der Waals surface area contributed by atoms with Gasteiger partial charge in [0.25, 0.3) is 0 Å². The molecule has 0 bridgehead atoms. The highest BCUT2D eigenvalue weighted by Crippen LogP contribution is 2.40. The van der Waals surface area contributed by atoms with Crippen LogP contribution in [-0.2, 0) is 0 Å². The second-order valence-electron chi connectivity index (χ2n) is 6.30. The maximum Gasteiger partial charge on any atom is 0.0377 e. The van der Waals surface area contributed by atoms with Gasteiger partial charge in [-0.2, -0.15) is 0 Å². The van der Waals surface area contributed by atoms with Crippen molar-refractivity contribution in [2.75, 3.05) is 26.2 Å². The smallest absolute Gasteiger partial charge is 0.0377 e. The van der Waals surface area contributed by atoms with Crippen molar-refractivity contribution in [3.63, 3.8) is 0 Å². The second-order valence-corrected chi connectivity index (χ2v) is 8.01. The van der Waals surface area contributed by atoms with Crippen LogP contribution >= 0.6 is 56.7 Å². The molecular weight excluding hydrogens is 463 g/mol. The van der Waals surface area contributed by atoms with Crippen molar-refractivity contribution in [3.05, 3.63) is 32.7 Å². The van der Waals surface area contributed by atoms with Crippen molar-refractivity contribution in [2.45, 2.75) is 38.1 Å². The summed E-state index contributed by atoms with van der Waals surface area (Å²) in [6.45, 7) is 4.60. The van der Waals surface area contributed by atoms with E-state index < -0.39 is 0 Å².